The minimum atomic E-state index is -0.955. The highest BCUT2D eigenvalue weighted by Gasteiger charge is 2.11. The molecule has 0 saturated heterocycles. The number of hydrogen-bond acceptors (Lipinski definition) is 3. The maximum atomic E-state index is 11.2. The van der Waals surface area contributed by atoms with Crippen LogP contribution in [0.4, 0.5) is 5.69 Å². The van der Waals surface area contributed by atoms with Crippen LogP contribution in [-0.2, 0) is 17.8 Å². The Hall–Kier alpha value is -2.82. The lowest BCUT2D eigenvalue weighted by Gasteiger charge is -2.21. The van der Waals surface area contributed by atoms with Gasteiger partial charge in [-0.25, -0.2) is 4.79 Å². The molecule has 0 aliphatic carbocycles. The standard InChI is InChI=1S/C17H17NO4/c1-18(11-13-6-2-3-8-15(13)17(21)22)14-7-4-5-12(9-14)10-16(19)20/h2-9H,10-11H2,1H3,(H,19,20)(H,21,22). The minimum absolute atomic E-state index is 0.0343. The summed E-state index contributed by atoms with van der Waals surface area (Å²) in [4.78, 5) is 23.9. The number of carboxylic acids is 2. The first-order valence-electron chi connectivity index (χ1n) is 6.80. The number of aliphatic carboxylic acids is 1. The smallest absolute Gasteiger partial charge is 0.336 e. The van der Waals surface area contributed by atoms with Crippen LogP contribution in [0.15, 0.2) is 48.5 Å². The zero-order chi connectivity index (χ0) is 16.1. The molecule has 0 aliphatic rings. The van der Waals surface area contributed by atoms with Crippen LogP contribution in [-0.4, -0.2) is 29.2 Å². The Labute approximate surface area is 128 Å². The average molecular weight is 299 g/mol. The second kappa shape index (κ2) is 6.76. The molecular formula is C17H17NO4. The molecule has 0 amide bonds. The van der Waals surface area contributed by atoms with Gasteiger partial charge in [-0.2, -0.15) is 0 Å². The lowest BCUT2D eigenvalue weighted by molar-refractivity contribution is -0.136. The molecule has 0 fully saturated rings. The van der Waals surface area contributed by atoms with Crippen LogP contribution in [0.1, 0.15) is 21.5 Å². The van der Waals surface area contributed by atoms with Crippen LogP contribution >= 0.6 is 0 Å². The third-order valence-corrected chi connectivity index (χ3v) is 3.36. The van der Waals surface area contributed by atoms with Gasteiger partial charge in [-0.05, 0) is 29.3 Å². The molecule has 0 heterocycles. The maximum absolute atomic E-state index is 11.2. The van der Waals surface area contributed by atoms with Crippen molar-refractivity contribution in [3.63, 3.8) is 0 Å². The topological polar surface area (TPSA) is 77.8 Å². The zero-order valence-corrected chi connectivity index (χ0v) is 12.2. The normalized spacial score (nSPS) is 10.2. The van der Waals surface area contributed by atoms with E-state index in [9.17, 15) is 14.7 Å². The molecule has 22 heavy (non-hydrogen) atoms. The van der Waals surface area contributed by atoms with Crippen LogP contribution < -0.4 is 4.90 Å². The highest BCUT2D eigenvalue weighted by atomic mass is 16.4. The SMILES string of the molecule is CN(Cc1ccccc1C(=O)O)c1cccc(CC(=O)O)c1. The third kappa shape index (κ3) is 3.85. The molecular weight excluding hydrogens is 282 g/mol. The van der Waals surface area contributed by atoms with Gasteiger partial charge < -0.3 is 15.1 Å². The summed E-state index contributed by atoms with van der Waals surface area (Å²) >= 11 is 0. The molecule has 0 aliphatic heterocycles. The van der Waals surface area contributed by atoms with E-state index in [1.54, 1.807) is 42.5 Å². The number of benzene rings is 2. The van der Waals surface area contributed by atoms with Crippen LogP contribution in [0.3, 0.4) is 0 Å². The molecule has 0 bridgehead atoms. The van der Waals surface area contributed by atoms with Gasteiger partial charge in [0.05, 0.1) is 12.0 Å². The first-order valence-corrected chi connectivity index (χ1v) is 6.80. The zero-order valence-electron chi connectivity index (χ0n) is 12.2. The Bertz CT molecular complexity index is 697. The van der Waals surface area contributed by atoms with Crippen molar-refractivity contribution in [3.8, 4) is 0 Å². The molecule has 0 saturated carbocycles. The van der Waals surface area contributed by atoms with Crippen LogP contribution in [0.2, 0.25) is 0 Å². The van der Waals surface area contributed by atoms with Gasteiger partial charge in [-0.3, -0.25) is 4.79 Å². The summed E-state index contributed by atoms with van der Waals surface area (Å²) in [6.07, 6.45) is -0.0343. The predicted molar refractivity (Wildman–Crippen MR) is 83.3 cm³/mol. The van der Waals surface area contributed by atoms with Crippen LogP contribution in [0.25, 0.3) is 0 Å². The Kier molecular flexibility index (Phi) is 4.78. The van der Waals surface area contributed by atoms with Crippen LogP contribution in [0, 0.1) is 0 Å². The fraction of sp³-hybridized carbons (Fsp3) is 0.176. The molecule has 0 radical (unpaired) electrons. The Morgan fingerprint density at radius 1 is 1.05 bits per heavy atom. The highest BCUT2D eigenvalue weighted by Crippen LogP contribution is 2.19. The van der Waals surface area contributed by atoms with E-state index in [1.807, 2.05) is 18.0 Å². The van der Waals surface area contributed by atoms with E-state index in [-0.39, 0.29) is 12.0 Å². The van der Waals surface area contributed by atoms with Gasteiger partial charge in [0.15, 0.2) is 0 Å². The summed E-state index contributed by atoms with van der Waals surface area (Å²) in [7, 11) is 1.85. The number of hydrogen-bond donors (Lipinski definition) is 2. The summed E-state index contributed by atoms with van der Waals surface area (Å²) in [6.45, 7) is 0.430. The van der Waals surface area contributed by atoms with E-state index < -0.39 is 11.9 Å². The van der Waals surface area contributed by atoms with Crippen molar-refractivity contribution in [2.45, 2.75) is 13.0 Å². The summed E-state index contributed by atoms with van der Waals surface area (Å²) in [5.41, 5.74) is 2.54. The van der Waals surface area contributed by atoms with E-state index in [0.717, 1.165) is 5.69 Å². The van der Waals surface area contributed by atoms with Gasteiger partial charge in [0.2, 0.25) is 0 Å². The molecule has 2 aromatic rings. The lowest BCUT2D eigenvalue weighted by Crippen LogP contribution is -2.18. The van der Waals surface area contributed by atoms with Gasteiger partial charge >= 0.3 is 11.9 Å². The summed E-state index contributed by atoms with van der Waals surface area (Å²) in [5, 5.41) is 18.1. The molecule has 0 unspecified atom stereocenters. The Morgan fingerprint density at radius 3 is 2.45 bits per heavy atom. The minimum Gasteiger partial charge on any atom is -0.481 e. The van der Waals surface area contributed by atoms with Crippen molar-refractivity contribution < 1.29 is 19.8 Å². The Balaban J connectivity index is 2.21. The maximum Gasteiger partial charge on any atom is 0.336 e. The number of nitrogens with zero attached hydrogens (tertiary/aromatic N) is 1. The Morgan fingerprint density at radius 2 is 1.77 bits per heavy atom. The average Bonchev–Trinajstić information content (AvgIpc) is 2.47. The number of carboxylic acid groups (broad SMARTS) is 2. The lowest BCUT2D eigenvalue weighted by atomic mass is 10.1. The van der Waals surface area contributed by atoms with Gasteiger partial charge in [-0.1, -0.05) is 30.3 Å². The second-order valence-corrected chi connectivity index (χ2v) is 5.06. The van der Waals surface area contributed by atoms with Crippen LogP contribution in [0.5, 0.6) is 0 Å². The summed E-state index contributed by atoms with van der Waals surface area (Å²) in [5.74, 6) is -1.83. The highest BCUT2D eigenvalue weighted by molar-refractivity contribution is 5.89. The van der Waals surface area contributed by atoms with Crippen molar-refractivity contribution in [3.05, 3.63) is 65.2 Å². The third-order valence-electron chi connectivity index (χ3n) is 3.36. The molecule has 2 rings (SSSR count). The predicted octanol–water partition coefficient (Wildman–Crippen LogP) is 2.65. The van der Waals surface area contributed by atoms with Gasteiger partial charge in [0.25, 0.3) is 0 Å². The quantitative estimate of drug-likeness (QED) is 0.857. The molecule has 114 valence electrons. The fourth-order valence-electron chi connectivity index (χ4n) is 2.29. The molecule has 0 atom stereocenters. The van der Waals surface area contributed by atoms with E-state index in [0.29, 0.717) is 17.7 Å². The van der Waals surface area contributed by atoms with Crippen molar-refractivity contribution in [1.29, 1.82) is 0 Å². The number of rotatable bonds is 6. The monoisotopic (exact) mass is 299 g/mol. The number of anilines is 1. The number of aromatic carboxylic acids is 1. The molecule has 0 spiro atoms. The summed E-state index contributed by atoms with van der Waals surface area (Å²) in [6, 6.07) is 14.1. The fourth-order valence-corrected chi connectivity index (χ4v) is 2.29. The van der Waals surface area contributed by atoms with Crippen molar-refractivity contribution in [2.24, 2.45) is 0 Å². The molecule has 5 heteroatoms. The summed E-state index contributed by atoms with van der Waals surface area (Å²) < 4.78 is 0. The van der Waals surface area contributed by atoms with Crippen molar-refractivity contribution in [2.75, 3.05) is 11.9 Å². The second-order valence-electron chi connectivity index (χ2n) is 5.06. The van der Waals surface area contributed by atoms with E-state index >= 15 is 0 Å². The number of carbonyl (C=O) groups is 2. The molecule has 0 aromatic heterocycles. The van der Waals surface area contributed by atoms with E-state index in [1.165, 1.54) is 0 Å². The van der Waals surface area contributed by atoms with Gasteiger partial charge in [-0.15, -0.1) is 0 Å². The molecule has 2 aromatic carbocycles. The molecule has 2 N–H and O–H groups in total. The first kappa shape index (κ1) is 15.6. The van der Waals surface area contributed by atoms with Crippen molar-refractivity contribution in [1.82, 2.24) is 0 Å². The van der Waals surface area contributed by atoms with Gasteiger partial charge in [0.1, 0.15) is 0 Å². The van der Waals surface area contributed by atoms with Crippen molar-refractivity contribution >= 4 is 17.6 Å². The van der Waals surface area contributed by atoms with E-state index in [4.69, 9.17) is 5.11 Å². The molecule has 5 nitrogen and oxygen atoms in total. The van der Waals surface area contributed by atoms with Gasteiger partial charge in [0, 0.05) is 19.3 Å². The largest absolute Gasteiger partial charge is 0.481 e. The van der Waals surface area contributed by atoms with E-state index in [2.05, 4.69) is 0 Å². The first-order chi connectivity index (χ1) is 10.5.